The average Bonchev–Trinajstić information content (AvgIpc) is 3.14. The monoisotopic (exact) mass is 486 g/mol. The van der Waals surface area contributed by atoms with Gasteiger partial charge in [0.1, 0.15) is 11.7 Å². The number of hydrogen-bond donors (Lipinski definition) is 0. The van der Waals surface area contributed by atoms with Gasteiger partial charge in [-0.1, -0.05) is 43.7 Å². The first-order valence-electron chi connectivity index (χ1n) is 13.2. The molecule has 36 heavy (non-hydrogen) atoms. The number of para-hydroxylation sites is 1. The van der Waals surface area contributed by atoms with E-state index in [0.717, 1.165) is 62.2 Å². The van der Waals surface area contributed by atoms with E-state index in [1.54, 1.807) is 12.1 Å². The summed E-state index contributed by atoms with van der Waals surface area (Å²) in [7, 11) is 0. The summed E-state index contributed by atoms with van der Waals surface area (Å²) < 4.78 is 13.5. The van der Waals surface area contributed by atoms with Gasteiger partial charge in [-0.25, -0.2) is 4.39 Å². The number of carbonyl (C=O) groups excluding carboxylic acids is 1. The lowest BCUT2D eigenvalue weighted by molar-refractivity contribution is -0.131. The third-order valence-electron chi connectivity index (χ3n) is 7.80. The van der Waals surface area contributed by atoms with E-state index in [2.05, 4.69) is 41.1 Å². The van der Waals surface area contributed by atoms with Crippen LogP contribution in [-0.2, 0) is 10.3 Å². The fourth-order valence-electron chi connectivity index (χ4n) is 5.85. The van der Waals surface area contributed by atoms with Crippen molar-refractivity contribution in [2.24, 2.45) is 4.99 Å². The van der Waals surface area contributed by atoms with E-state index in [4.69, 9.17) is 4.99 Å². The lowest BCUT2D eigenvalue weighted by atomic mass is 9.85. The number of rotatable bonds is 8. The van der Waals surface area contributed by atoms with E-state index in [1.165, 1.54) is 23.1 Å². The molecule has 0 radical (unpaired) electrons. The Morgan fingerprint density at radius 1 is 1.06 bits per heavy atom. The Labute approximate surface area is 213 Å². The second kappa shape index (κ2) is 10.5. The molecule has 2 aromatic carbocycles. The number of benzene rings is 2. The van der Waals surface area contributed by atoms with Gasteiger partial charge in [0.25, 0.3) is 5.91 Å². The fourth-order valence-corrected chi connectivity index (χ4v) is 5.85. The lowest BCUT2D eigenvalue weighted by Gasteiger charge is -2.32. The highest BCUT2D eigenvalue weighted by Gasteiger charge is 2.47. The van der Waals surface area contributed by atoms with Crippen LogP contribution in [0.1, 0.15) is 63.0 Å². The van der Waals surface area contributed by atoms with Crippen LogP contribution in [0.4, 0.5) is 4.39 Å². The Kier molecular flexibility index (Phi) is 7.15. The molecule has 3 heterocycles. The number of amides is 1. The summed E-state index contributed by atoms with van der Waals surface area (Å²) in [6, 6.07) is 16.9. The molecule has 1 fully saturated rings. The number of nitrogens with zero attached hydrogens (tertiary/aromatic N) is 4. The van der Waals surface area contributed by atoms with Crippen molar-refractivity contribution in [2.75, 3.05) is 26.2 Å². The van der Waals surface area contributed by atoms with Crippen molar-refractivity contribution >= 4 is 22.6 Å². The molecule has 1 saturated heterocycles. The Bertz CT molecular complexity index is 1250. The molecule has 5 nitrogen and oxygen atoms in total. The van der Waals surface area contributed by atoms with E-state index < -0.39 is 5.54 Å². The van der Waals surface area contributed by atoms with Gasteiger partial charge in [-0.05, 0) is 93.6 Å². The van der Waals surface area contributed by atoms with E-state index in [1.807, 2.05) is 24.1 Å². The Hall–Kier alpha value is -3.12. The van der Waals surface area contributed by atoms with Gasteiger partial charge in [-0.15, -0.1) is 0 Å². The zero-order valence-electron chi connectivity index (χ0n) is 21.3. The minimum atomic E-state index is -0.918. The summed E-state index contributed by atoms with van der Waals surface area (Å²) in [5.41, 5.74) is 2.26. The van der Waals surface area contributed by atoms with Gasteiger partial charge in [-0.2, -0.15) is 0 Å². The van der Waals surface area contributed by atoms with Crippen LogP contribution in [0.15, 0.2) is 65.8 Å². The van der Waals surface area contributed by atoms with Gasteiger partial charge in [-0.3, -0.25) is 19.7 Å². The highest BCUT2D eigenvalue weighted by Crippen LogP contribution is 2.38. The normalized spacial score (nSPS) is 21.4. The second-order valence-corrected chi connectivity index (χ2v) is 10.2. The Balaban J connectivity index is 1.16. The smallest absolute Gasteiger partial charge is 0.260 e. The number of pyridine rings is 1. The SMILES string of the molecule is CCCC1(c2ccc(F)cc2)N=C(C)N(CCCN2CCC(c3cnc4ccccc4c3)CC2)C1=O. The zero-order chi connectivity index (χ0) is 25.1. The number of aromatic nitrogens is 1. The first kappa shape index (κ1) is 24.6. The van der Waals surface area contributed by atoms with E-state index in [-0.39, 0.29) is 11.7 Å². The van der Waals surface area contributed by atoms with E-state index in [9.17, 15) is 9.18 Å². The number of aliphatic imine (C=N–C) groups is 1. The summed E-state index contributed by atoms with van der Waals surface area (Å²) >= 11 is 0. The molecule has 0 spiro atoms. The quantitative estimate of drug-likeness (QED) is 0.398. The molecule has 6 heteroatoms. The van der Waals surface area contributed by atoms with Crippen LogP contribution in [0.5, 0.6) is 0 Å². The zero-order valence-corrected chi connectivity index (χ0v) is 21.3. The molecule has 1 atom stereocenters. The average molecular weight is 487 g/mol. The highest BCUT2D eigenvalue weighted by molar-refractivity contribution is 6.07. The molecule has 188 valence electrons. The van der Waals surface area contributed by atoms with Crippen molar-refractivity contribution in [2.45, 2.75) is 57.4 Å². The molecule has 0 N–H and O–H groups in total. The molecule has 1 aromatic heterocycles. The third kappa shape index (κ3) is 4.79. The predicted molar refractivity (Wildman–Crippen MR) is 143 cm³/mol. The van der Waals surface area contributed by atoms with Crippen molar-refractivity contribution in [1.29, 1.82) is 0 Å². The van der Waals surface area contributed by atoms with Crippen molar-refractivity contribution in [1.82, 2.24) is 14.8 Å². The van der Waals surface area contributed by atoms with Crippen LogP contribution in [0, 0.1) is 5.82 Å². The first-order chi connectivity index (χ1) is 17.5. The lowest BCUT2D eigenvalue weighted by Crippen LogP contribution is -2.42. The molecular weight excluding hydrogens is 451 g/mol. The summed E-state index contributed by atoms with van der Waals surface area (Å²) in [6.07, 6.45) is 6.68. The molecular formula is C30H35FN4O. The maximum absolute atomic E-state index is 13.6. The van der Waals surface area contributed by atoms with Gasteiger partial charge in [0.15, 0.2) is 5.54 Å². The highest BCUT2D eigenvalue weighted by atomic mass is 19.1. The molecule has 2 aliphatic rings. The number of fused-ring (bicyclic) bond motifs is 1. The number of amidine groups is 1. The fraction of sp³-hybridized carbons (Fsp3) is 0.433. The molecule has 1 amide bonds. The topological polar surface area (TPSA) is 48.8 Å². The Morgan fingerprint density at radius 3 is 2.56 bits per heavy atom. The van der Waals surface area contributed by atoms with Gasteiger partial charge in [0.05, 0.1) is 5.52 Å². The van der Waals surface area contributed by atoms with E-state index in [0.29, 0.717) is 18.9 Å². The largest absolute Gasteiger partial charge is 0.303 e. The summed E-state index contributed by atoms with van der Waals surface area (Å²) in [6.45, 7) is 7.74. The van der Waals surface area contributed by atoms with Crippen LogP contribution in [-0.4, -0.2) is 52.7 Å². The maximum atomic E-state index is 13.6. The van der Waals surface area contributed by atoms with Crippen molar-refractivity contribution in [3.05, 3.63) is 77.7 Å². The molecule has 1 unspecified atom stereocenters. The van der Waals surface area contributed by atoms with Crippen molar-refractivity contribution < 1.29 is 9.18 Å². The molecule has 0 saturated carbocycles. The summed E-state index contributed by atoms with van der Waals surface area (Å²) in [4.78, 5) is 27.4. The van der Waals surface area contributed by atoms with Gasteiger partial charge >= 0.3 is 0 Å². The van der Waals surface area contributed by atoms with Crippen LogP contribution in [0.3, 0.4) is 0 Å². The van der Waals surface area contributed by atoms with E-state index >= 15 is 0 Å². The van der Waals surface area contributed by atoms with Gasteiger partial charge in [0, 0.05) is 18.1 Å². The van der Waals surface area contributed by atoms with Crippen molar-refractivity contribution in [3.63, 3.8) is 0 Å². The number of hydrogen-bond acceptors (Lipinski definition) is 4. The summed E-state index contributed by atoms with van der Waals surface area (Å²) in [5.74, 6) is 1.04. The van der Waals surface area contributed by atoms with Crippen LogP contribution >= 0.6 is 0 Å². The molecule has 0 aliphatic carbocycles. The van der Waals surface area contributed by atoms with Gasteiger partial charge < -0.3 is 4.90 Å². The molecule has 3 aromatic rings. The van der Waals surface area contributed by atoms with Crippen LogP contribution in [0.25, 0.3) is 10.9 Å². The minimum Gasteiger partial charge on any atom is -0.303 e. The van der Waals surface area contributed by atoms with Crippen molar-refractivity contribution in [3.8, 4) is 0 Å². The maximum Gasteiger partial charge on any atom is 0.260 e. The number of halogens is 1. The first-order valence-corrected chi connectivity index (χ1v) is 13.2. The minimum absolute atomic E-state index is 0.0240. The number of piperidine rings is 1. The predicted octanol–water partition coefficient (Wildman–Crippen LogP) is 5.90. The Morgan fingerprint density at radius 2 is 1.81 bits per heavy atom. The third-order valence-corrected chi connectivity index (χ3v) is 7.80. The molecule has 5 rings (SSSR count). The van der Waals surface area contributed by atoms with Crippen LogP contribution in [0.2, 0.25) is 0 Å². The number of likely N-dealkylation sites (tertiary alicyclic amines) is 1. The second-order valence-electron chi connectivity index (χ2n) is 10.2. The van der Waals surface area contributed by atoms with Gasteiger partial charge in [0.2, 0.25) is 0 Å². The van der Waals surface area contributed by atoms with Crippen LogP contribution < -0.4 is 0 Å². The standard InChI is InChI=1S/C30H35FN4O/c1-3-15-30(26-9-11-27(31)12-10-26)29(36)35(22(2)33-30)17-6-16-34-18-13-23(14-19-34)25-20-24-7-4-5-8-28(24)32-21-25/h4-5,7-12,20-21,23H,3,6,13-19H2,1-2H3. The molecule has 2 aliphatic heterocycles. The summed E-state index contributed by atoms with van der Waals surface area (Å²) in [5, 5.41) is 1.21. The number of carbonyl (C=O) groups is 1. The molecule has 0 bridgehead atoms.